The van der Waals surface area contributed by atoms with Crippen LogP contribution in [0.25, 0.3) is 0 Å². The molecule has 1 atom stereocenters. The first-order valence-electron chi connectivity index (χ1n) is 4.76. The number of hydrogen-bond acceptors (Lipinski definition) is 1. The van der Waals surface area contributed by atoms with E-state index in [1.165, 1.54) is 11.9 Å². The monoisotopic (exact) mass is 247 g/mol. The molecule has 1 unspecified atom stereocenters. The lowest BCUT2D eigenvalue weighted by atomic mass is 10.2. The number of nitrogens with zero attached hydrogens (tertiary/aromatic N) is 1. The second kappa shape index (κ2) is 5.25. The topological polar surface area (TPSA) is 20.3 Å². The molecule has 0 fully saturated rings. The standard InChI is InChI=1S/C11H12ClF2NO/c1-7(12)6-15(2)11(16)8-3-9(13)5-10(14)4-8/h3-5,7H,6H2,1-2H3. The fourth-order valence-corrected chi connectivity index (χ4v) is 1.56. The Morgan fingerprint density at radius 1 is 1.38 bits per heavy atom. The van der Waals surface area contributed by atoms with Crippen LogP contribution in [0.5, 0.6) is 0 Å². The van der Waals surface area contributed by atoms with Crippen LogP contribution in [0, 0.1) is 11.6 Å². The zero-order chi connectivity index (χ0) is 12.3. The molecule has 0 N–H and O–H groups in total. The molecule has 2 nitrogen and oxygen atoms in total. The van der Waals surface area contributed by atoms with E-state index in [4.69, 9.17) is 11.6 Å². The van der Waals surface area contributed by atoms with E-state index in [2.05, 4.69) is 0 Å². The summed E-state index contributed by atoms with van der Waals surface area (Å²) in [5.41, 5.74) is -0.0164. The number of hydrogen-bond donors (Lipinski definition) is 0. The van der Waals surface area contributed by atoms with Crippen molar-refractivity contribution in [2.24, 2.45) is 0 Å². The molecular formula is C11H12ClF2NO. The highest BCUT2D eigenvalue weighted by atomic mass is 35.5. The molecule has 1 rings (SSSR count). The highest BCUT2D eigenvalue weighted by Gasteiger charge is 2.15. The third-order valence-electron chi connectivity index (χ3n) is 1.98. The molecule has 0 heterocycles. The summed E-state index contributed by atoms with van der Waals surface area (Å²) in [6, 6.07) is 2.72. The largest absolute Gasteiger partial charge is 0.340 e. The molecule has 0 aliphatic heterocycles. The van der Waals surface area contributed by atoms with E-state index in [1.807, 2.05) is 0 Å². The van der Waals surface area contributed by atoms with Gasteiger partial charge in [0.05, 0.1) is 0 Å². The zero-order valence-corrected chi connectivity index (χ0v) is 9.76. The number of halogens is 3. The summed E-state index contributed by atoms with van der Waals surface area (Å²) >= 11 is 5.72. The van der Waals surface area contributed by atoms with E-state index in [0.717, 1.165) is 18.2 Å². The van der Waals surface area contributed by atoms with Crippen molar-refractivity contribution in [2.45, 2.75) is 12.3 Å². The lowest BCUT2D eigenvalue weighted by Crippen LogP contribution is -2.31. The lowest BCUT2D eigenvalue weighted by Gasteiger charge is -2.18. The van der Waals surface area contributed by atoms with Gasteiger partial charge in [0.2, 0.25) is 0 Å². The second-order valence-electron chi connectivity index (χ2n) is 3.62. The van der Waals surface area contributed by atoms with Crippen LogP contribution < -0.4 is 0 Å². The summed E-state index contributed by atoms with van der Waals surface area (Å²) in [6.45, 7) is 2.05. The maximum atomic E-state index is 12.9. The first kappa shape index (κ1) is 12.9. The molecule has 0 radical (unpaired) electrons. The molecule has 5 heteroatoms. The van der Waals surface area contributed by atoms with Crippen LogP contribution >= 0.6 is 11.6 Å². The van der Waals surface area contributed by atoms with Crippen molar-refractivity contribution < 1.29 is 13.6 Å². The summed E-state index contributed by atoms with van der Waals surface area (Å²) < 4.78 is 25.8. The van der Waals surface area contributed by atoms with Crippen LogP contribution in [0.1, 0.15) is 17.3 Å². The smallest absolute Gasteiger partial charge is 0.253 e. The van der Waals surface area contributed by atoms with Crippen molar-refractivity contribution in [3.63, 3.8) is 0 Å². The van der Waals surface area contributed by atoms with Crippen molar-refractivity contribution in [2.75, 3.05) is 13.6 Å². The zero-order valence-electron chi connectivity index (χ0n) is 9.01. The quantitative estimate of drug-likeness (QED) is 0.752. The molecule has 0 bridgehead atoms. The van der Waals surface area contributed by atoms with Gasteiger partial charge in [0.1, 0.15) is 11.6 Å². The fraction of sp³-hybridized carbons (Fsp3) is 0.364. The summed E-state index contributed by atoms with van der Waals surface area (Å²) in [4.78, 5) is 13.0. The molecule has 1 aromatic carbocycles. The third kappa shape index (κ3) is 3.45. The van der Waals surface area contributed by atoms with Gasteiger partial charge in [-0.25, -0.2) is 8.78 Å². The maximum Gasteiger partial charge on any atom is 0.253 e. The molecule has 0 aliphatic rings. The van der Waals surface area contributed by atoms with E-state index in [1.54, 1.807) is 6.92 Å². The number of benzene rings is 1. The van der Waals surface area contributed by atoms with Crippen molar-refractivity contribution in [1.82, 2.24) is 4.90 Å². The van der Waals surface area contributed by atoms with E-state index >= 15 is 0 Å². The van der Waals surface area contributed by atoms with Gasteiger partial charge < -0.3 is 4.90 Å². The van der Waals surface area contributed by atoms with Gasteiger partial charge in [-0.3, -0.25) is 4.79 Å². The van der Waals surface area contributed by atoms with Gasteiger partial charge in [-0.15, -0.1) is 11.6 Å². The second-order valence-corrected chi connectivity index (χ2v) is 4.37. The maximum absolute atomic E-state index is 12.9. The van der Waals surface area contributed by atoms with Gasteiger partial charge >= 0.3 is 0 Å². The van der Waals surface area contributed by atoms with Crippen LogP contribution in [0.4, 0.5) is 8.78 Å². The lowest BCUT2D eigenvalue weighted by molar-refractivity contribution is 0.0795. The number of carbonyl (C=O) groups is 1. The Kier molecular flexibility index (Phi) is 4.24. The van der Waals surface area contributed by atoms with Crippen LogP contribution in [0.15, 0.2) is 18.2 Å². The van der Waals surface area contributed by atoms with Crippen LogP contribution in [0.2, 0.25) is 0 Å². The Morgan fingerprint density at radius 2 is 1.88 bits per heavy atom. The summed E-state index contributed by atoms with van der Waals surface area (Å²) in [7, 11) is 1.53. The van der Waals surface area contributed by atoms with Gasteiger partial charge in [-0.2, -0.15) is 0 Å². The van der Waals surface area contributed by atoms with E-state index in [9.17, 15) is 13.6 Å². The number of carbonyl (C=O) groups excluding carboxylic acids is 1. The average molecular weight is 248 g/mol. The molecular weight excluding hydrogens is 236 g/mol. The van der Waals surface area contributed by atoms with Gasteiger partial charge in [0, 0.05) is 30.6 Å². The number of amides is 1. The van der Waals surface area contributed by atoms with Crippen molar-refractivity contribution >= 4 is 17.5 Å². The van der Waals surface area contributed by atoms with Crippen LogP contribution in [-0.2, 0) is 0 Å². The minimum absolute atomic E-state index is 0.0164. The third-order valence-corrected chi connectivity index (χ3v) is 2.12. The summed E-state index contributed by atoms with van der Waals surface area (Å²) in [5.74, 6) is -1.99. The number of alkyl halides is 1. The highest BCUT2D eigenvalue weighted by molar-refractivity contribution is 6.20. The predicted molar refractivity (Wildman–Crippen MR) is 58.6 cm³/mol. The minimum Gasteiger partial charge on any atom is -0.340 e. The summed E-state index contributed by atoms with van der Waals surface area (Å²) in [6.07, 6.45) is 0. The van der Waals surface area contributed by atoms with Crippen molar-refractivity contribution in [1.29, 1.82) is 0 Å². The average Bonchev–Trinajstić information content (AvgIpc) is 2.13. The van der Waals surface area contributed by atoms with E-state index < -0.39 is 17.5 Å². The Bertz CT molecular complexity index is 375. The highest BCUT2D eigenvalue weighted by Crippen LogP contribution is 2.10. The molecule has 0 aromatic heterocycles. The molecule has 0 saturated heterocycles. The van der Waals surface area contributed by atoms with Gasteiger partial charge in [0.15, 0.2) is 0 Å². The number of rotatable bonds is 3. The first-order chi connectivity index (χ1) is 7.40. The Balaban J connectivity index is 2.87. The Morgan fingerprint density at radius 3 is 2.31 bits per heavy atom. The molecule has 0 aliphatic carbocycles. The van der Waals surface area contributed by atoms with Crippen LogP contribution in [-0.4, -0.2) is 29.8 Å². The van der Waals surface area contributed by atoms with Gasteiger partial charge in [-0.1, -0.05) is 0 Å². The minimum atomic E-state index is -0.768. The van der Waals surface area contributed by atoms with E-state index in [-0.39, 0.29) is 10.9 Å². The first-order valence-corrected chi connectivity index (χ1v) is 5.19. The molecule has 0 saturated carbocycles. The fourth-order valence-electron chi connectivity index (χ4n) is 1.36. The Hall–Kier alpha value is -1.16. The SMILES string of the molecule is CC(Cl)CN(C)C(=O)c1cc(F)cc(F)c1. The molecule has 16 heavy (non-hydrogen) atoms. The van der Waals surface area contributed by atoms with Crippen molar-refractivity contribution in [3.05, 3.63) is 35.4 Å². The molecule has 1 amide bonds. The summed E-state index contributed by atoms with van der Waals surface area (Å²) in [5, 5.41) is -0.215. The molecule has 1 aromatic rings. The van der Waals surface area contributed by atoms with Gasteiger partial charge in [0.25, 0.3) is 5.91 Å². The van der Waals surface area contributed by atoms with Crippen LogP contribution in [0.3, 0.4) is 0 Å². The predicted octanol–water partition coefficient (Wildman–Crippen LogP) is 2.66. The molecule has 88 valence electrons. The molecule has 0 spiro atoms. The Labute approximate surface area is 97.8 Å². The normalized spacial score (nSPS) is 12.3. The van der Waals surface area contributed by atoms with Gasteiger partial charge in [-0.05, 0) is 19.1 Å². The van der Waals surface area contributed by atoms with E-state index in [0.29, 0.717) is 6.54 Å². The van der Waals surface area contributed by atoms with Crippen molar-refractivity contribution in [3.8, 4) is 0 Å².